The number of hydrogen-bond donors (Lipinski definition) is 1. The van der Waals surface area contributed by atoms with Crippen LogP contribution < -0.4 is 4.72 Å². The second-order valence-electron chi connectivity index (χ2n) is 6.32. The van der Waals surface area contributed by atoms with Crippen molar-refractivity contribution < 1.29 is 22.8 Å². The van der Waals surface area contributed by atoms with Crippen molar-refractivity contribution in [3.05, 3.63) is 62.7 Å². The molecule has 152 valence electrons. The number of carbonyl (C=O) groups is 3. The molecule has 2 aromatic rings. The first-order chi connectivity index (χ1) is 13.7. The minimum Gasteiger partial charge on any atom is -0.292 e. The first kappa shape index (κ1) is 21.4. The molecule has 1 N–H and O–H groups in total. The fraction of sp³-hybridized carbons (Fsp3) is 0.211. The molecular formula is C19H18N2O5S3. The van der Waals surface area contributed by atoms with Gasteiger partial charge in [0.15, 0.2) is 5.78 Å². The summed E-state index contributed by atoms with van der Waals surface area (Å²) < 4.78 is 24.5. The zero-order valence-electron chi connectivity index (χ0n) is 15.5. The summed E-state index contributed by atoms with van der Waals surface area (Å²) in [5.41, 5.74) is 1.24. The van der Waals surface area contributed by atoms with Gasteiger partial charge in [0.2, 0.25) is 10.0 Å². The number of thioether (sulfide) groups is 1. The number of Topliss-reactive ketones (excluding diaryl/α,β-unsaturated/α-hetero) is 1. The lowest BCUT2D eigenvalue weighted by Gasteiger charge is -2.11. The van der Waals surface area contributed by atoms with Crippen LogP contribution in [-0.4, -0.2) is 49.6 Å². The summed E-state index contributed by atoms with van der Waals surface area (Å²) in [6.45, 7) is -0.0547. The number of amides is 2. The Morgan fingerprint density at radius 2 is 1.90 bits per heavy atom. The summed E-state index contributed by atoms with van der Waals surface area (Å²) in [7, 11) is -3.24. The van der Waals surface area contributed by atoms with E-state index in [2.05, 4.69) is 4.72 Å². The molecule has 0 aliphatic carbocycles. The maximum absolute atomic E-state index is 12.5. The molecule has 3 rings (SSSR count). The maximum atomic E-state index is 12.5. The second-order valence-corrected chi connectivity index (χ2v) is 10.1. The number of rotatable bonds is 8. The van der Waals surface area contributed by atoms with Crippen LogP contribution in [0.4, 0.5) is 4.79 Å². The number of nitrogens with zero attached hydrogens (tertiary/aromatic N) is 1. The first-order valence-corrected chi connectivity index (χ1v) is 12.2. The van der Waals surface area contributed by atoms with Gasteiger partial charge in [0.05, 0.1) is 17.7 Å². The van der Waals surface area contributed by atoms with Gasteiger partial charge in [0, 0.05) is 17.0 Å². The average Bonchev–Trinajstić information content (AvgIpc) is 3.25. The van der Waals surface area contributed by atoms with Crippen molar-refractivity contribution in [1.29, 1.82) is 0 Å². The van der Waals surface area contributed by atoms with E-state index in [1.165, 1.54) is 11.3 Å². The van der Waals surface area contributed by atoms with Crippen LogP contribution in [0.25, 0.3) is 6.08 Å². The number of sulfonamides is 1. The molecule has 1 saturated heterocycles. The number of nitrogens with one attached hydrogen (secondary N) is 1. The van der Waals surface area contributed by atoms with Gasteiger partial charge in [-0.2, -0.15) is 0 Å². The Labute approximate surface area is 176 Å². The van der Waals surface area contributed by atoms with Crippen LogP contribution >= 0.6 is 23.1 Å². The predicted octanol–water partition coefficient (Wildman–Crippen LogP) is 2.76. The number of thiophene rings is 1. The number of benzene rings is 1. The van der Waals surface area contributed by atoms with Crippen LogP contribution in [0.15, 0.2) is 46.7 Å². The molecule has 2 heterocycles. The summed E-state index contributed by atoms with van der Waals surface area (Å²) in [5, 5.41) is 1.41. The topological polar surface area (TPSA) is 101 Å². The van der Waals surface area contributed by atoms with Gasteiger partial charge in [-0.1, -0.05) is 30.3 Å². The Bertz CT molecular complexity index is 1060. The van der Waals surface area contributed by atoms with Crippen LogP contribution in [0.3, 0.4) is 0 Å². The molecule has 1 aliphatic heterocycles. The van der Waals surface area contributed by atoms with E-state index in [0.717, 1.165) is 33.4 Å². The number of ketones is 1. The van der Waals surface area contributed by atoms with Crippen molar-refractivity contribution in [2.45, 2.75) is 6.42 Å². The van der Waals surface area contributed by atoms with Gasteiger partial charge in [-0.25, -0.2) is 13.1 Å². The molecule has 1 aromatic carbocycles. The monoisotopic (exact) mass is 450 g/mol. The van der Waals surface area contributed by atoms with E-state index in [0.29, 0.717) is 16.9 Å². The smallest absolute Gasteiger partial charge is 0.292 e. The fourth-order valence-corrected chi connectivity index (χ4v) is 4.65. The highest BCUT2D eigenvalue weighted by Crippen LogP contribution is 2.33. The Kier molecular flexibility index (Phi) is 6.68. The third kappa shape index (κ3) is 5.86. The van der Waals surface area contributed by atoms with Gasteiger partial charge in [0.25, 0.3) is 11.1 Å². The number of imide groups is 1. The largest absolute Gasteiger partial charge is 0.293 e. The minimum atomic E-state index is -3.24. The highest BCUT2D eigenvalue weighted by Gasteiger charge is 2.36. The molecule has 1 aromatic heterocycles. The van der Waals surface area contributed by atoms with E-state index in [1.54, 1.807) is 30.3 Å². The number of hydrogen-bond acceptors (Lipinski definition) is 7. The molecule has 7 nitrogen and oxygen atoms in total. The van der Waals surface area contributed by atoms with Gasteiger partial charge in [-0.15, -0.1) is 11.3 Å². The molecule has 0 radical (unpaired) electrons. The molecule has 0 unspecified atom stereocenters. The van der Waals surface area contributed by atoms with Gasteiger partial charge >= 0.3 is 0 Å². The van der Waals surface area contributed by atoms with E-state index < -0.39 is 21.2 Å². The zero-order chi connectivity index (χ0) is 21.0. The standard InChI is InChI=1S/C19H18N2O5S3/c1-29(25,26)20-9-8-13-4-6-14(7-5-13)16(22)12-21-18(23)17(28-19(21)24)11-15-3-2-10-27-15/h2-7,10-11,20H,8-9,12H2,1H3/b17-11-. The Hall–Kier alpha value is -2.27. The van der Waals surface area contributed by atoms with Crippen LogP contribution in [0, 0.1) is 0 Å². The molecule has 0 bridgehead atoms. The lowest BCUT2D eigenvalue weighted by molar-refractivity contribution is -0.122. The number of carbonyl (C=O) groups excluding carboxylic acids is 3. The van der Waals surface area contributed by atoms with E-state index >= 15 is 0 Å². The van der Waals surface area contributed by atoms with E-state index in [-0.39, 0.29) is 18.9 Å². The van der Waals surface area contributed by atoms with Gasteiger partial charge in [0.1, 0.15) is 0 Å². The van der Waals surface area contributed by atoms with Crippen LogP contribution in [0.5, 0.6) is 0 Å². The van der Waals surface area contributed by atoms with E-state index in [4.69, 9.17) is 0 Å². The lowest BCUT2D eigenvalue weighted by atomic mass is 10.1. The predicted molar refractivity (Wildman–Crippen MR) is 114 cm³/mol. The third-order valence-corrected chi connectivity index (χ3v) is 6.50. The van der Waals surface area contributed by atoms with Crippen LogP contribution in [0.2, 0.25) is 0 Å². The SMILES string of the molecule is CS(=O)(=O)NCCc1ccc(C(=O)CN2C(=O)S/C(=C\c3cccs3)C2=O)cc1. The van der Waals surface area contributed by atoms with Crippen molar-refractivity contribution in [3.63, 3.8) is 0 Å². The summed E-state index contributed by atoms with van der Waals surface area (Å²) in [6, 6.07) is 10.4. The normalized spacial score (nSPS) is 16.0. The van der Waals surface area contributed by atoms with Crippen molar-refractivity contribution in [3.8, 4) is 0 Å². The van der Waals surface area contributed by atoms with Crippen molar-refractivity contribution in [1.82, 2.24) is 9.62 Å². The highest BCUT2D eigenvalue weighted by molar-refractivity contribution is 8.18. The molecule has 0 spiro atoms. The highest BCUT2D eigenvalue weighted by atomic mass is 32.2. The molecule has 29 heavy (non-hydrogen) atoms. The summed E-state index contributed by atoms with van der Waals surface area (Å²) >= 11 is 2.28. The second kappa shape index (κ2) is 9.04. The third-order valence-electron chi connectivity index (χ3n) is 4.05. The van der Waals surface area contributed by atoms with Crippen molar-refractivity contribution in [2.24, 2.45) is 0 Å². The average molecular weight is 451 g/mol. The Balaban J connectivity index is 1.61. The molecule has 0 atom stereocenters. The summed E-state index contributed by atoms with van der Waals surface area (Å²) in [5.74, 6) is -0.810. The maximum Gasteiger partial charge on any atom is 0.293 e. The molecule has 0 saturated carbocycles. The summed E-state index contributed by atoms with van der Waals surface area (Å²) in [6.07, 6.45) is 3.23. The van der Waals surface area contributed by atoms with E-state index in [1.807, 2.05) is 17.5 Å². The molecular weight excluding hydrogens is 432 g/mol. The fourth-order valence-electron chi connectivity index (χ4n) is 2.61. The Morgan fingerprint density at radius 1 is 1.17 bits per heavy atom. The van der Waals surface area contributed by atoms with Crippen molar-refractivity contribution >= 4 is 56.1 Å². The van der Waals surface area contributed by atoms with E-state index in [9.17, 15) is 22.8 Å². The molecule has 1 aliphatic rings. The van der Waals surface area contributed by atoms with Crippen LogP contribution in [-0.2, 0) is 21.2 Å². The molecule has 10 heteroatoms. The quantitative estimate of drug-likeness (QED) is 0.490. The Morgan fingerprint density at radius 3 is 2.52 bits per heavy atom. The minimum absolute atomic E-state index is 0.263. The summed E-state index contributed by atoms with van der Waals surface area (Å²) in [4.78, 5) is 39.3. The van der Waals surface area contributed by atoms with Gasteiger partial charge < -0.3 is 0 Å². The first-order valence-electron chi connectivity index (χ1n) is 8.58. The van der Waals surface area contributed by atoms with Crippen molar-refractivity contribution in [2.75, 3.05) is 19.3 Å². The van der Waals surface area contributed by atoms with Gasteiger partial charge in [-0.05, 0) is 41.3 Å². The molecule has 2 amide bonds. The van der Waals surface area contributed by atoms with Gasteiger partial charge in [-0.3, -0.25) is 19.3 Å². The van der Waals surface area contributed by atoms with Crippen LogP contribution in [0.1, 0.15) is 20.8 Å². The molecule has 1 fully saturated rings. The zero-order valence-corrected chi connectivity index (χ0v) is 17.9. The lowest BCUT2D eigenvalue weighted by Crippen LogP contribution is -2.33.